The van der Waals surface area contributed by atoms with E-state index >= 15 is 0 Å². The predicted octanol–water partition coefficient (Wildman–Crippen LogP) is 0.320. The summed E-state index contributed by atoms with van der Waals surface area (Å²) in [5.74, 6) is -3.54. The molecule has 0 fully saturated rings. The maximum Gasteiger partial charge on any atom is 0.359 e. The molecule has 0 saturated heterocycles. The lowest BCUT2D eigenvalue weighted by Gasteiger charge is -2.06. The Balaban J connectivity index is 2.05. The fraction of sp³-hybridized carbons (Fsp3) is 0. The molecule has 2 rings (SSSR count). The minimum absolute atomic E-state index is 0.0786. The van der Waals surface area contributed by atoms with Crippen molar-refractivity contribution in [3.63, 3.8) is 0 Å². The van der Waals surface area contributed by atoms with Gasteiger partial charge in [0.2, 0.25) is 5.96 Å². The first-order chi connectivity index (χ1) is 12.9. The van der Waals surface area contributed by atoms with Gasteiger partial charge < -0.3 is 25.6 Å². The second kappa shape index (κ2) is 8.63. The Bertz CT molecular complexity index is 980. The van der Waals surface area contributed by atoms with Crippen molar-refractivity contribution in [3.05, 3.63) is 66.0 Å². The summed E-state index contributed by atoms with van der Waals surface area (Å²) in [7, 11) is 0. The highest BCUT2D eigenvalue weighted by molar-refractivity contribution is 6.02. The van der Waals surface area contributed by atoms with Crippen LogP contribution in [0, 0.1) is 11.3 Å². The summed E-state index contributed by atoms with van der Waals surface area (Å²) in [4.78, 5) is 39.1. The van der Waals surface area contributed by atoms with E-state index in [-0.39, 0.29) is 5.56 Å². The van der Waals surface area contributed by atoms with E-state index in [4.69, 9.17) is 16.7 Å². The van der Waals surface area contributed by atoms with E-state index in [1.807, 2.05) is 6.07 Å². The Hall–Kier alpha value is -4.39. The van der Waals surface area contributed by atoms with Crippen molar-refractivity contribution in [1.29, 1.82) is 5.26 Å². The van der Waals surface area contributed by atoms with Crippen LogP contribution in [-0.4, -0.2) is 28.4 Å². The number of nitrogens with zero attached hydrogens (tertiary/aromatic N) is 3. The summed E-state index contributed by atoms with van der Waals surface area (Å²) in [6.45, 7) is 0. The van der Waals surface area contributed by atoms with Gasteiger partial charge in [0, 0.05) is 24.0 Å². The molecular weight excluding hydrogens is 354 g/mol. The third-order valence-electron chi connectivity index (χ3n) is 3.01. The molecular formula is C17H13N5O5. The lowest BCUT2D eigenvalue weighted by molar-refractivity contribution is -0.139. The molecule has 0 aliphatic carbocycles. The molecule has 0 saturated carbocycles. The second-order valence-electron chi connectivity index (χ2n) is 4.89. The van der Waals surface area contributed by atoms with Crippen molar-refractivity contribution >= 4 is 23.9 Å². The van der Waals surface area contributed by atoms with E-state index in [1.165, 1.54) is 12.1 Å². The van der Waals surface area contributed by atoms with Crippen LogP contribution < -0.4 is 11.5 Å². The first kappa shape index (κ1) is 18.9. The Morgan fingerprint density at radius 3 is 2.56 bits per heavy atom. The molecule has 27 heavy (non-hydrogen) atoms. The second-order valence-corrected chi connectivity index (χ2v) is 4.89. The first-order valence-corrected chi connectivity index (χ1v) is 7.32. The molecule has 10 nitrogen and oxygen atoms in total. The van der Waals surface area contributed by atoms with Gasteiger partial charge in [-0.05, 0) is 35.5 Å². The summed E-state index contributed by atoms with van der Waals surface area (Å²) in [5.41, 5.74) is 10.9. The average molecular weight is 367 g/mol. The topological polar surface area (TPSA) is 163 Å². The zero-order valence-corrected chi connectivity index (χ0v) is 13.7. The van der Waals surface area contributed by atoms with Crippen LogP contribution in [-0.2, 0) is 19.2 Å². The molecule has 0 aliphatic rings. The molecule has 0 unspecified atom stereocenters. The number of oxime groups is 1. The number of rotatable bonds is 5. The highest BCUT2D eigenvalue weighted by atomic mass is 16.7. The van der Waals surface area contributed by atoms with Crippen molar-refractivity contribution in [2.45, 2.75) is 0 Å². The largest absolute Gasteiger partial charge is 0.386 e. The molecule has 1 heterocycles. The minimum atomic E-state index is -1.09. The van der Waals surface area contributed by atoms with Crippen LogP contribution in [0.2, 0.25) is 0 Å². The highest BCUT2D eigenvalue weighted by Crippen LogP contribution is 2.15. The van der Waals surface area contributed by atoms with Crippen LogP contribution >= 0.6 is 0 Å². The van der Waals surface area contributed by atoms with E-state index < -0.39 is 23.9 Å². The van der Waals surface area contributed by atoms with Gasteiger partial charge in [-0.25, -0.2) is 14.4 Å². The number of hydrogen-bond donors (Lipinski definition) is 2. The zero-order valence-electron chi connectivity index (χ0n) is 13.7. The van der Waals surface area contributed by atoms with Gasteiger partial charge in [0.15, 0.2) is 0 Å². The molecule has 0 amide bonds. The lowest BCUT2D eigenvalue weighted by Crippen LogP contribution is -2.23. The van der Waals surface area contributed by atoms with E-state index in [2.05, 4.69) is 14.7 Å². The summed E-state index contributed by atoms with van der Waals surface area (Å²) in [6, 6.07) is 11.4. The molecule has 2 aromatic rings. The monoisotopic (exact) mass is 367 g/mol. The van der Waals surface area contributed by atoms with Crippen molar-refractivity contribution < 1.29 is 24.0 Å². The van der Waals surface area contributed by atoms with Crippen LogP contribution in [0.1, 0.15) is 16.1 Å². The van der Waals surface area contributed by atoms with Gasteiger partial charge in [0.05, 0.1) is 5.56 Å². The Kier molecular flexibility index (Phi) is 6.06. The van der Waals surface area contributed by atoms with E-state index in [9.17, 15) is 14.4 Å². The molecule has 0 atom stereocenters. The van der Waals surface area contributed by atoms with E-state index in [0.717, 1.165) is 0 Å². The maximum absolute atomic E-state index is 12.1. The number of benzene rings is 1. The molecule has 4 N–H and O–H groups in total. The molecule has 0 aliphatic heterocycles. The summed E-state index contributed by atoms with van der Waals surface area (Å²) in [6.07, 6.45) is 3.03. The van der Waals surface area contributed by atoms with Crippen LogP contribution in [0.5, 0.6) is 0 Å². The quantitative estimate of drug-likeness (QED) is 0.145. The van der Waals surface area contributed by atoms with Gasteiger partial charge in [0.1, 0.15) is 11.8 Å². The van der Waals surface area contributed by atoms with Crippen molar-refractivity contribution in [1.82, 2.24) is 4.57 Å². The fourth-order valence-corrected chi connectivity index (χ4v) is 1.93. The SMILES string of the molecule is N#Cc1cccn1-c1cccc(C(=O)OC(=O)/C=C\C(=O)ON=C(N)N)c1. The number of esters is 2. The van der Waals surface area contributed by atoms with Crippen molar-refractivity contribution in [2.24, 2.45) is 16.6 Å². The van der Waals surface area contributed by atoms with Gasteiger partial charge >= 0.3 is 17.9 Å². The average Bonchev–Trinajstić information content (AvgIpc) is 3.13. The van der Waals surface area contributed by atoms with Gasteiger partial charge in [-0.3, -0.25) is 0 Å². The van der Waals surface area contributed by atoms with E-state index in [0.29, 0.717) is 23.5 Å². The minimum Gasteiger partial charge on any atom is -0.386 e. The van der Waals surface area contributed by atoms with Crippen LogP contribution in [0.3, 0.4) is 0 Å². The molecule has 0 bridgehead atoms. The fourth-order valence-electron chi connectivity index (χ4n) is 1.93. The highest BCUT2D eigenvalue weighted by Gasteiger charge is 2.13. The number of hydrogen-bond acceptors (Lipinski definition) is 7. The van der Waals surface area contributed by atoms with Gasteiger partial charge in [-0.2, -0.15) is 5.26 Å². The molecule has 10 heteroatoms. The first-order valence-electron chi connectivity index (χ1n) is 7.32. The van der Waals surface area contributed by atoms with Crippen molar-refractivity contribution in [2.75, 3.05) is 0 Å². The summed E-state index contributed by atoms with van der Waals surface area (Å²) >= 11 is 0. The normalized spacial score (nSPS) is 10.0. The van der Waals surface area contributed by atoms with Crippen LogP contribution in [0.25, 0.3) is 5.69 Å². The number of ether oxygens (including phenoxy) is 1. The molecule has 1 aromatic heterocycles. The van der Waals surface area contributed by atoms with Gasteiger partial charge in [-0.1, -0.05) is 6.07 Å². The predicted molar refractivity (Wildman–Crippen MR) is 91.9 cm³/mol. The Labute approximate surface area is 152 Å². The van der Waals surface area contributed by atoms with E-state index in [1.54, 1.807) is 35.0 Å². The molecule has 136 valence electrons. The maximum atomic E-state index is 12.1. The number of aromatic nitrogens is 1. The van der Waals surface area contributed by atoms with Gasteiger partial charge in [0.25, 0.3) is 0 Å². The summed E-state index contributed by atoms with van der Waals surface area (Å²) in [5, 5.41) is 12.1. The van der Waals surface area contributed by atoms with Gasteiger partial charge in [-0.15, -0.1) is 0 Å². The summed E-state index contributed by atoms with van der Waals surface area (Å²) < 4.78 is 6.18. The van der Waals surface area contributed by atoms with Crippen LogP contribution in [0.4, 0.5) is 0 Å². The van der Waals surface area contributed by atoms with Crippen LogP contribution in [0.15, 0.2) is 59.9 Å². The molecule has 1 aromatic carbocycles. The molecule has 0 spiro atoms. The standard InChI is InChI=1S/C17H13N5O5/c18-10-13-5-2-8-22(13)12-4-1-3-11(9-12)16(25)26-14(23)6-7-15(24)27-21-17(19)20/h1-9H,(H4,19,20,21)/b7-6-. The Morgan fingerprint density at radius 1 is 1.11 bits per heavy atom. The number of nitrogens with two attached hydrogens (primary N) is 2. The third-order valence-corrected chi connectivity index (χ3v) is 3.01. The number of carbonyl (C=O) groups excluding carboxylic acids is 3. The number of nitriles is 1. The smallest absolute Gasteiger partial charge is 0.359 e. The Morgan fingerprint density at radius 2 is 1.85 bits per heavy atom. The zero-order chi connectivity index (χ0) is 19.8. The number of guanidine groups is 1. The third kappa shape index (κ3) is 5.30. The number of carbonyl (C=O) groups is 3. The van der Waals surface area contributed by atoms with Crippen molar-refractivity contribution in [3.8, 4) is 11.8 Å². The lowest BCUT2D eigenvalue weighted by atomic mass is 10.2. The molecule has 0 radical (unpaired) electrons.